The number of carbonyl (C=O) groups excluding carboxylic acids is 1. The van der Waals surface area contributed by atoms with Gasteiger partial charge in [0.15, 0.2) is 0 Å². The molecule has 6 heteroatoms. The lowest BCUT2D eigenvalue weighted by Crippen LogP contribution is -2.64. The Balaban J connectivity index is 1.40. The van der Waals surface area contributed by atoms with E-state index in [0.29, 0.717) is 6.54 Å². The molecule has 2 aromatic carbocycles. The van der Waals surface area contributed by atoms with Crippen LogP contribution in [-0.2, 0) is 0 Å². The first-order chi connectivity index (χ1) is 14.2. The van der Waals surface area contributed by atoms with Gasteiger partial charge in [0.2, 0.25) is 0 Å². The minimum atomic E-state index is -0.317. The average Bonchev–Trinajstić information content (AvgIpc) is 3.39. The zero-order valence-corrected chi connectivity index (χ0v) is 16.8. The number of hydrogen-bond acceptors (Lipinski definition) is 3. The van der Waals surface area contributed by atoms with E-state index in [0.717, 1.165) is 38.3 Å². The largest absolute Gasteiger partial charge is 0.367 e. The van der Waals surface area contributed by atoms with Gasteiger partial charge in [0, 0.05) is 43.4 Å². The third-order valence-corrected chi connectivity index (χ3v) is 6.50. The summed E-state index contributed by atoms with van der Waals surface area (Å²) in [5, 5.41) is 4.34. The lowest BCUT2D eigenvalue weighted by molar-refractivity contribution is 0.0955. The fraction of sp³-hybridized carbons (Fsp3) is 0.348. The summed E-state index contributed by atoms with van der Waals surface area (Å²) in [6, 6.07) is 18.6. The highest BCUT2D eigenvalue weighted by molar-refractivity contribution is 5.96. The van der Waals surface area contributed by atoms with Crippen LogP contribution in [0.2, 0.25) is 0 Å². The predicted molar refractivity (Wildman–Crippen MR) is 117 cm³/mol. The third-order valence-electron chi connectivity index (χ3n) is 6.50. The van der Waals surface area contributed by atoms with Crippen LogP contribution >= 0.6 is 0 Å². The fourth-order valence-corrected chi connectivity index (χ4v) is 4.95. The molecule has 5 rings (SSSR count). The zero-order chi connectivity index (χ0) is 19.8. The number of rotatable bonds is 4. The van der Waals surface area contributed by atoms with Gasteiger partial charge in [-0.1, -0.05) is 37.3 Å². The number of H-pyrrole nitrogens is 1. The Kier molecular flexibility index (Phi) is 4.43. The van der Waals surface area contributed by atoms with Crippen LogP contribution in [0.25, 0.3) is 10.9 Å². The van der Waals surface area contributed by atoms with Crippen molar-refractivity contribution in [2.24, 2.45) is 0 Å². The lowest BCUT2D eigenvalue weighted by Gasteiger charge is -2.49. The second-order valence-electron chi connectivity index (χ2n) is 7.86. The molecule has 3 heterocycles. The van der Waals surface area contributed by atoms with E-state index in [1.807, 2.05) is 41.4 Å². The first kappa shape index (κ1) is 18.1. The zero-order valence-electron chi connectivity index (χ0n) is 16.8. The molecule has 0 radical (unpaired) electrons. The Morgan fingerprint density at radius 3 is 2.52 bits per heavy atom. The molecule has 29 heavy (non-hydrogen) atoms. The topological polar surface area (TPSA) is 54.6 Å². The molecule has 6 nitrogen and oxygen atoms in total. The van der Waals surface area contributed by atoms with Gasteiger partial charge in [0.1, 0.15) is 5.66 Å². The number of aromatic amines is 1. The standard InChI is InChI=1S/C23H27N5O/c1-2-23(17-25-22(29)28(23)19-8-4-3-5-9-19)27-15-13-26(14-16-27)20-10-6-7-18-11-12-24-21(18)20/h3-12,24H,2,13-17H2,1H3,(H,25,29). The molecule has 2 aliphatic rings. The summed E-state index contributed by atoms with van der Waals surface area (Å²) in [6.45, 7) is 6.56. The summed E-state index contributed by atoms with van der Waals surface area (Å²) >= 11 is 0. The van der Waals surface area contributed by atoms with Crippen molar-refractivity contribution in [3.63, 3.8) is 0 Å². The Morgan fingerprint density at radius 2 is 1.76 bits per heavy atom. The maximum Gasteiger partial charge on any atom is 0.323 e. The number of nitrogens with zero attached hydrogens (tertiary/aromatic N) is 3. The van der Waals surface area contributed by atoms with Crippen LogP contribution in [0.15, 0.2) is 60.8 Å². The van der Waals surface area contributed by atoms with Crippen LogP contribution in [0.5, 0.6) is 0 Å². The minimum absolute atomic E-state index is 0.00312. The van der Waals surface area contributed by atoms with Gasteiger partial charge >= 0.3 is 6.03 Å². The molecule has 2 saturated heterocycles. The predicted octanol–water partition coefficient (Wildman–Crippen LogP) is 3.63. The maximum absolute atomic E-state index is 12.8. The van der Waals surface area contributed by atoms with E-state index in [4.69, 9.17) is 0 Å². The molecule has 0 bridgehead atoms. The number of urea groups is 1. The van der Waals surface area contributed by atoms with Crippen LogP contribution in [-0.4, -0.2) is 54.3 Å². The molecule has 2 aliphatic heterocycles. The number of amides is 2. The van der Waals surface area contributed by atoms with Gasteiger partial charge in [0.05, 0.1) is 17.7 Å². The average molecular weight is 390 g/mol. The summed E-state index contributed by atoms with van der Waals surface area (Å²) < 4.78 is 0. The number of nitrogens with one attached hydrogen (secondary N) is 2. The Morgan fingerprint density at radius 1 is 0.966 bits per heavy atom. The van der Waals surface area contributed by atoms with Crippen molar-refractivity contribution in [3.8, 4) is 0 Å². The van der Waals surface area contributed by atoms with Gasteiger partial charge in [-0.3, -0.25) is 9.80 Å². The van der Waals surface area contributed by atoms with Crippen molar-refractivity contribution in [1.29, 1.82) is 0 Å². The van der Waals surface area contributed by atoms with Gasteiger partial charge in [-0.25, -0.2) is 4.79 Å². The third kappa shape index (κ3) is 2.86. The second-order valence-corrected chi connectivity index (χ2v) is 7.86. The van der Waals surface area contributed by atoms with E-state index < -0.39 is 0 Å². The highest BCUT2D eigenvalue weighted by atomic mass is 16.2. The smallest absolute Gasteiger partial charge is 0.323 e. The molecule has 1 atom stereocenters. The summed E-state index contributed by atoms with van der Waals surface area (Å²) in [4.78, 5) is 23.1. The monoisotopic (exact) mass is 389 g/mol. The van der Waals surface area contributed by atoms with Crippen molar-refractivity contribution < 1.29 is 4.79 Å². The van der Waals surface area contributed by atoms with E-state index >= 15 is 0 Å². The number of anilines is 2. The number of benzene rings is 2. The van der Waals surface area contributed by atoms with Crippen LogP contribution in [0.1, 0.15) is 13.3 Å². The van der Waals surface area contributed by atoms with Crippen molar-refractivity contribution in [3.05, 3.63) is 60.8 Å². The fourth-order valence-electron chi connectivity index (χ4n) is 4.95. The molecule has 150 valence electrons. The minimum Gasteiger partial charge on any atom is -0.367 e. The number of aromatic nitrogens is 1. The van der Waals surface area contributed by atoms with Crippen LogP contribution in [0.3, 0.4) is 0 Å². The maximum atomic E-state index is 12.8. The van der Waals surface area contributed by atoms with Crippen LogP contribution in [0.4, 0.5) is 16.2 Å². The first-order valence-electron chi connectivity index (χ1n) is 10.4. The second kappa shape index (κ2) is 7.12. The van der Waals surface area contributed by atoms with Crippen molar-refractivity contribution in [1.82, 2.24) is 15.2 Å². The molecule has 0 aliphatic carbocycles. The van der Waals surface area contributed by atoms with Gasteiger partial charge in [-0.2, -0.15) is 0 Å². The van der Waals surface area contributed by atoms with E-state index in [9.17, 15) is 4.79 Å². The molecular weight excluding hydrogens is 362 g/mol. The van der Waals surface area contributed by atoms with Gasteiger partial charge < -0.3 is 15.2 Å². The van der Waals surface area contributed by atoms with Crippen LogP contribution < -0.4 is 15.1 Å². The molecule has 1 unspecified atom stereocenters. The molecule has 2 fully saturated rings. The Labute approximate surface area is 171 Å². The van der Waals surface area contributed by atoms with Crippen molar-refractivity contribution in [2.75, 3.05) is 42.5 Å². The SMILES string of the molecule is CCC1(N2CCN(c3cccc4cc[nH]c34)CC2)CNC(=O)N1c1ccccc1. The van der Waals surface area contributed by atoms with E-state index in [-0.39, 0.29) is 11.7 Å². The van der Waals surface area contributed by atoms with Crippen molar-refractivity contribution in [2.45, 2.75) is 19.0 Å². The number of piperazine rings is 1. The number of para-hydroxylation sites is 2. The van der Waals surface area contributed by atoms with E-state index in [2.05, 4.69) is 51.3 Å². The molecule has 0 saturated carbocycles. The summed E-state index contributed by atoms with van der Waals surface area (Å²) in [7, 11) is 0. The molecular formula is C23H27N5O. The normalized spacial score (nSPS) is 23.0. The van der Waals surface area contributed by atoms with E-state index in [1.54, 1.807) is 0 Å². The summed E-state index contributed by atoms with van der Waals surface area (Å²) in [5.74, 6) is 0. The molecule has 2 amide bonds. The summed E-state index contributed by atoms with van der Waals surface area (Å²) in [5.41, 5.74) is 3.11. The van der Waals surface area contributed by atoms with Gasteiger partial charge in [-0.15, -0.1) is 0 Å². The van der Waals surface area contributed by atoms with Crippen LogP contribution in [0, 0.1) is 0 Å². The Hall–Kier alpha value is -2.99. The quantitative estimate of drug-likeness (QED) is 0.717. The van der Waals surface area contributed by atoms with Gasteiger partial charge in [-0.05, 0) is 30.7 Å². The summed E-state index contributed by atoms with van der Waals surface area (Å²) in [6.07, 6.45) is 2.89. The highest BCUT2D eigenvalue weighted by Crippen LogP contribution is 2.35. The number of fused-ring (bicyclic) bond motifs is 1. The van der Waals surface area contributed by atoms with Crippen molar-refractivity contribution >= 4 is 28.3 Å². The Bertz CT molecular complexity index is 1010. The van der Waals surface area contributed by atoms with E-state index in [1.165, 1.54) is 16.6 Å². The molecule has 3 aromatic rings. The molecule has 0 spiro atoms. The first-order valence-corrected chi connectivity index (χ1v) is 10.4. The number of hydrogen-bond donors (Lipinski definition) is 2. The lowest BCUT2D eigenvalue weighted by atomic mass is 10.0. The molecule has 2 N–H and O–H groups in total. The molecule has 1 aromatic heterocycles. The van der Waals surface area contributed by atoms with Gasteiger partial charge in [0.25, 0.3) is 0 Å². The highest BCUT2D eigenvalue weighted by Gasteiger charge is 2.49. The number of carbonyl (C=O) groups is 1.